The molecular formula is C21H32O4. The first-order valence-electron chi connectivity index (χ1n) is 9.07. The van der Waals surface area contributed by atoms with Gasteiger partial charge in [-0.25, -0.2) is 4.79 Å². The maximum Gasteiger partial charge on any atom is 0.330 e. The topological polar surface area (TPSA) is 66.8 Å². The molecule has 0 aromatic rings. The van der Waals surface area contributed by atoms with Crippen LogP contribution in [0, 0.1) is 17.8 Å². The van der Waals surface area contributed by atoms with Crippen LogP contribution in [0.5, 0.6) is 0 Å². The fraction of sp³-hybridized carbons (Fsp3) is 0.571. The van der Waals surface area contributed by atoms with Crippen molar-refractivity contribution >= 4 is 5.97 Å². The molecule has 1 rings (SSSR count). The van der Waals surface area contributed by atoms with Crippen LogP contribution >= 0.6 is 0 Å². The Morgan fingerprint density at radius 1 is 1.16 bits per heavy atom. The number of ether oxygens (including phenoxy) is 1. The summed E-state index contributed by atoms with van der Waals surface area (Å²) in [5, 5.41) is 20.5. The van der Waals surface area contributed by atoms with Crippen molar-refractivity contribution in [2.45, 2.75) is 58.8 Å². The van der Waals surface area contributed by atoms with E-state index in [1.54, 1.807) is 12.2 Å². The van der Waals surface area contributed by atoms with Crippen molar-refractivity contribution in [1.82, 2.24) is 0 Å². The molecule has 4 heteroatoms. The Kier molecular flexibility index (Phi) is 9.46. The first-order valence-corrected chi connectivity index (χ1v) is 9.07. The SMILES string of the molecule is C/C=C/C=C\C=C/C(O)C(C)C(O)CCC(C)C1OC(=O)C=CC1C. The highest BCUT2D eigenvalue weighted by atomic mass is 16.5. The molecule has 25 heavy (non-hydrogen) atoms. The molecule has 6 atom stereocenters. The molecule has 1 heterocycles. The summed E-state index contributed by atoms with van der Waals surface area (Å²) in [7, 11) is 0. The quantitative estimate of drug-likeness (QED) is 0.494. The van der Waals surface area contributed by atoms with Crippen LogP contribution in [-0.2, 0) is 9.53 Å². The number of cyclic esters (lactones) is 1. The van der Waals surface area contributed by atoms with E-state index in [1.807, 2.05) is 58.1 Å². The summed E-state index contributed by atoms with van der Waals surface area (Å²) in [4.78, 5) is 11.4. The van der Waals surface area contributed by atoms with Crippen LogP contribution in [-0.4, -0.2) is 34.5 Å². The zero-order chi connectivity index (χ0) is 18.8. The first kappa shape index (κ1) is 21.4. The third kappa shape index (κ3) is 7.41. The highest BCUT2D eigenvalue weighted by Crippen LogP contribution is 2.27. The van der Waals surface area contributed by atoms with E-state index >= 15 is 0 Å². The molecule has 1 aliphatic rings. The fourth-order valence-electron chi connectivity index (χ4n) is 2.94. The van der Waals surface area contributed by atoms with Crippen LogP contribution in [0.4, 0.5) is 0 Å². The lowest BCUT2D eigenvalue weighted by molar-refractivity contribution is -0.149. The summed E-state index contributed by atoms with van der Waals surface area (Å²) in [5.41, 5.74) is 0. The normalized spacial score (nSPS) is 26.2. The van der Waals surface area contributed by atoms with Gasteiger partial charge >= 0.3 is 5.97 Å². The zero-order valence-electron chi connectivity index (χ0n) is 15.7. The Balaban J connectivity index is 2.45. The van der Waals surface area contributed by atoms with Crippen molar-refractivity contribution in [1.29, 1.82) is 0 Å². The fourth-order valence-corrected chi connectivity index (χ4v) is 2.94. The standard InChI is InChI=1S/C21H32O4/c1-5-6-7-8-9-10-18(22)17(4)19(23)13-11-15(2)21-16(3)12-14-20(24)25-21/h5-10,12,14-19,21-23H,11,13H2,1-4H3/b6-5+,8-7-,10-9-. The van der Waals surface area contributed by atoms with Gasteiger partial charge in [-0.15, -0.1) is 0 Å². The summed E-state index contributed by atoms with van der Waals surface area (Å²) in [6.07, 6.45) is 14.2. The third-order valence-corrected chi connectivity index (χ3v) is 4.76. The van der Waals surface area contributed by atoms with E-state index in [9.17, 15) is 15.0 Å². The molecule has 0 saturated heterocycles. The van der Waals surface area contributed by atoms with Crippen molar-refractivity contribution in [2.24, 2.45) is 17.8 Å². The van der Waals surface area contributed by atoms with Crippen molar-refractivity contribution in [3.05, 3.63) is 48.6 Å². The molecule has 0 bridgehead atoms. The van der Waals surface area contributed by atoms with Gasteiger partial charge in [0.25, 0.3) is 0 Å². The largest absolute Gasteiger partial charge is 0.458 e. The van der Waals surface area contributed by atoms with Crippen molar-refractivity contribution in [2.75, 3.05) is 0 Å². The Hall–Kier alpha value is -1.65. The first-order chi connectivity index (χ1) is 11.9. The van der Waals surface area contributed by atoms with Gasteiger partial charge in [0.2, 0.25) is 0 Å². The highest BCUT2D eigenvalue weighted by Gasteiger charge is 2.29. The summed E-state index contributed by atoms with van der Waals surface area (Å²) in [6, 6.07) is 0. The number of hydrogen-bond donors (Lipinski definition) is 2. The molecule has 6 unspecified atom stereocenters. The second kappa shape index (κ2) is 11.1. The molecule has 0 spiro atoms. The van der Waals surface area contributed by atoms with Gasteiger partial charge < -0.3 is 14.9 Å². The maximum absolute atomic E-state index is 11.4. The molecule has 0 radical (unpaired) electrons. The van der Waals surface area contributed by atoms with Crippen LogP contribution in [0.3, 0.4) is 0 Å². The zero-order valence-corrected chi connectivity index (χ0v) is 15.7. The average molecular weight is 348 g/mol. The van der Waals surface area contributed by atoms with E-state index in [4.69, 9.17) is 4.74 Å². The minimum Gasteiger partial charge on any atom is -0.458 e. The minimum atomic E-state index is -0.699. The van der Waals surface area contributed by atoms with E-state index < -0.39 is 12.2 Å². The van der Waals surface area contributed by atoms with Crippen molar-refractivity contribution < 1.29 is 19.7 Å². The number of hydrogen-bond acceptors (Lipinski definition) is 4. The van der Waals surface area contributed by atoms with Gasteiger partial charge in [-0.2, -0.15) is 0 Å². The van der Waals surface area contributed by atoms with Gasteiger partial charge in [-0.3, -0.25) is 0 Å². The Morgan fingerprint density at radius 3 is 2.52 bits per heavy atom. The maximum atomic E-state index is 11.4. The third-order valence-electron chi connectivity index (χ3n) is 4.76. The number of aliphatic hydroxyl groups excluding tert-OH is 2. The van der Waals surface area contributed by atoms with E-state index in [0.717, 1.165) is 6.42 Å². The van der Waals surface area contributed by atoms with Crippen molar-refractivity contribution in [3.8, 4) is 0 Å². The summed E-state index contributed by atoms with van der Waals surface area (Å²) < 4.78 is 5.40. The number of carbonyl (C=O) groups is 1. The number of aliphatic hydroxyl groups is 2. The van der Waals surface area contributed by atoms with Gasteiger partial charge in [0, 0.05) is 17.9 Å². The number of rotatable bonds is 9. The molecule has 140 valence electrons. The van der Waals surface area contributed by atoms with Crippen LogP contribution < -0.4 is 0 Å². The lowest BCUT2D eigenvalue weighted by Crippen LogP contribution is -2.34. The number of carbonyl (C=O) groups excluding carboxylic acids is 1. The van der Waals surface area contributed by atoms with Gasteiger partial charge in [0.1, 0.15) is 6.10 Å². The molecule has 2 N–H and O–H groups in total. The predicted molar refractivity (Wildman–Crippen MR) is 101 cm³/mol. The van der Waals surface area contributed by atoms with E-state index in [2.05, 4.69) is 0 Å². The molecule has 0 saturated carbocycles. The van der Waals surface area contributed by atoms with Crippen LogP contribution in [0.1, 0.15) is 40.5 Å². The van der Waals surface area contributed by atoms with E-state index in [-0.39, 0.29) is 29.8 Å². The van der Waals surface area contributed by atoms with Gasteiger partial charge in [-0.1, -0.05) is 63.3 Å². The predicted octanol–water partition coefficient (Wildman–Crippen LogP) is 3.57. The second-order valence-corrected chi connectivity index (χ2v) is 6.89. The molecule has 0 aliphatic carbocycles. The second-order valence-electron chi connectivity index (χ2n) is 6.89. The summed E-state index contributed by atoms with van der Waals surface area (Å²) >= 11 is 0. The van der Waals surface area contributed by atoms with Crippen LogP contribution in [0.2, 0.25) is 0 Å². The molecule has 0 aromatic carbocycles. The molecular weight excluding hydrogens is 316 g/mol. The minimum absolute atomic E-state index is 0.151. The number of allylic oxidation sites excluding steroid dienone is 5. The van der Waals surface area contributed by atoms with E-state index in [1.165, 1.54) is 6.08 Å². The molecule has 0 fully saturated rings. The van der Waals surface area contributed by atoms with Gasteiger partial charge in [0.15, 0.2) is 0 Å². The van der Waals surface area contributed by atoms with Crippen LogP contribution in [0.15, 0.2) is 48.6 Å². The van der Waals surface area contributed by atoms with Crippen LogP contribution in [0.25, 0.3) is 0 Å². The average Bonchev–Trinajstić information content (AvgIpc) is 2.60. The lowest BCUT2D eigenvalue weighted by Gasteiger charge is -2.31. The molecule has 1 aliphatic heterocycles. The Bertz CT molecular complexity index is 518. The molecule has 4 nitrogen and oxygen atoms in total. The Labute approximate surface area is 151 Å². The molecule has 0 aromatic heterocycles. The monoisotopic (exact) mass is 348 g/mol. The highest BCUT2D eigenvalue weighted by molar-refractivity contribution is 5.82. The van der Waals surface area contributed by atoms with Gasteiger partial charge in [-0.05, 0) is 25.7 Å². The smallest absolute Gasteiger partial charge is 0.330 e. The summed E-state index contributed by atoms with van der Waals surface area (Å²) in [6.45, 7) is 7.84. The van der Waals surface area contributed by atoms with Crippen molar-refractivity contribution in [3.63, 3.8) is 0 Å². The number of esters is 1. The lowest BCUT2D eigenvalue weighted by atomic mass is 9.85. The summed E-state index contributed by atoms with van der Waals surface area (Å²) in [5.74, 6) is -0.220. The molecule has 0 amide bonds. The Morgan fingerprint density at radius 2 is 1.84 bits per heavy atom. The van der Waals surface area contributed by atoms with E-state index in [0.29, 0.717) is 6.42 Å². The van der Waals surface area contributed by atoms with Gasteiger partial charge in [0.05, 0.1) is 12.2 Å².